The molecule has 3 aromatic rings. The van der Waals surface area contributed by atoms with E-state index in [2.05, 4.69) is 39.6 Å². The van der Waals surface area contributed by atoms with E-state index in [0.29, 0.717) is 0 Å². The molecule has 102 valence electrons. The molecular formula is C14H13N3S3. The second-order valence-electron chi connectivity index (χ2n) is 4.18. The third kappa shape index (κ3) is 3.26. The molecule has 20 heavy (non-hydrogen) atoms. The van der Waals surface area contributed by atoms with Crippen LogP contribution in [0.2, 0.25) is 0 Å². The molecule has 0 atom stereocenters. The lowest BCUT2D eigenvalue weighted by molar-refractivity contribution is 0.866. The maximum atomic E-state index is 4.65. The fourth-order valence-electron chi connectivity index (χ4n) is 1.71. The zero-order valence-corrected chi connectivity index (χ0v) is 13.4. The first-order chi connectivity index (χ1) is 9.85. The van der Waals surface area contributed by atoms with Gasteiger partial charge in [-0.25, -0.2) is 4.98 Å². The number of rotatable bonds is 5. The highest BCUT2D eigenvalue weighted by Gasteiger charge is 2.09. The second kappa shape index (κ2) is 6.47. The molecule has 0 saturated carbocycles. The topological polar surface area (TPSA) is 38.7 Å². The number of aryl methyl sites for hydroxylation is 1. The smallest absolute Gasteiger partial charge is 0.181 e. The van der Waals surface area contributed by atoms with Crippen LogP contribution < -0.4 is 0 Å². The Balaban J connectivity index is 1.73. The molecule has 0 fully saturated rings. The molecule has 0 spiro atoms. The highest BCUT2D eigenvalue weighted by atomic mass is 32.2. The summed E-state index contributed by atoms with van der Waals surface area (Å²) >= 11 is 4.92. The van der Waals surface area contributed by atoms with E-state index < -0.39 is 0 Å². The summed E-state index contributed by atoms with van der Waals surface area (Å²) in [5.74, 6) is 0. The summed E-state index contributed by atoms with van der Waals surface area (Å²) in [6, 6.07) is 10.2. The first kappa shape index (κ1) is 13.7. The number of aromatic nitrogens is 3. The normalized spacial score (nSPS) is 10.8. The molecule has 0 saturated heterocycles. The molecule has 2 heterocycles. The van der Waals surface area contributed by atoms with Gasteiger partial charge in [-0.1, -0.05) is 48.6 Å². The summed E-state index contributed by atoms with van der Waals surface area (Å²) in [6.07, 6.45) is 2.11. The van der Waals surface area contributed by atoms with Gasteiger partial charge in [-0.2, -0.15) is 0 Å². The monoisotopic (exact) mass is 319 g/mol. The van der Waals surface area contributed by atoms with E-state index in [0.717, 1.165) is 37.8 Å². The van der Waals surface area contributed by atoms with Crippen LogP contribution in [-0.4, -0.2) is 15.2 Å². The van der Waals surface area contributed by atoms with Gasteiger partial charge in [0.15, 0.2) is 8.68 Å². The third-order valence-corrected chi connectivity index (χ3v) is 5.61. The number of hydrogen-bond acceptors (Lipinski definition) is 6. The van der Waals surface area contributed by atoms with E-state index in [9.17, 15) is 0 Å². The van der Waals surface area contributed by atoms with Gasteiger partial charge < -0.3 is 0 Å². The highest BCUT2D eigenvalue weighted by molar-refractivity contribution is 8.02. The van der Waals surface area contributed by atoms with Crippen molar-refractivity contribution in [3.05, 3.63) is 40.7 Å². The standard InChI is InChI=1S/C14H13N3S3/c1-2-6-12-16-17-14(19-12)20-13-15-11(9-18-13)10-7-4-3-5-8-10/h3-5,7-9H,2,6H2,1H3. The van der Waals surface area contributed by atoms with Gasteiger partial charge in [0, 0.05) is 17.4 Å². The average Bonchev–Trinajstić information content (AvgIpc) is 3.11. The predicted octanol–water partition coefficient (Wildman–Crippen LogP) is 4.77. The molecule has 3 rings (SSSR count). The first-order valence-electron chi connectivity index (χ1n) is 6.36. The van der Waals surface area contributed by atoms with Crippen LogP contribution in [0.15, 0.2) is 44.4 Å². The van der Waals surface area contributed by atoms with Crippen LogP contribution >= 0.6 is 34.4 Å². The van der Waals surface area contributed by atoms with Crippen LogP contribution in [0.25, 0.3) is 11.3 Å². The van der Waals surface area contributed by atoms with E-state index >= 15 is 0 Å². The Hall–Kier alpha value is -1.24. The Labute approximate surface area is 130 Å². The van der Waals surface area contributed by atoms with Crippen LogP contribution in [0.5, 0.6) is 0 Å². The lowest BCUT2D eigenvalue weighted by atomic mass is 10.2. The molecule has 0 amide bonds. The van der Waals surface area contributed by atoms with Crippen molar-refractivity contribution in [1.82, 2.24) is 15.2 Å². The fraction of sp³-hybridized carbons (Fsp3) is 0.214. The molecule has 3 nitrogen and oxygen atoms in total. The number of nitrogens with zero attached hydrogens (tertiary/aromatic N) is 3. The third-order valence-electron chi connectivity index (χ3n) is 2.64. The zero-order valence-electron chi connectivity index (χ0n) is 10.9. The Morgan fingerprint density at radius 1 is 1.10 bits per heavy atom. The molecular weight excluding hydrogens is 306 g/mol. The molecule has 0 aliphatic heterocycles. The van der Waals surface area contributed by atoms with Crippen LogP contribution in [0, 0.1) is 0 Å². The molecule has 1 aromatic carbocycles. The minimum atomic E-state index is 0.974. The predicted molar refractivity (Wildman–Crippen MR) is 85.6 cm³/mol. The van der Waals surface area contributed by atoms with E-state index in [1.54, 1.807) is 34.4 Å². The zero-order chi connectivity index (χ0) is 13.8. The van der Waals surface area contributed by atoms with Crippen LogP contribution in [0.3, 0.4) is 0 Å². The molecule has 0 aliphatic rings. The Kier molecular flexibility index (Phi) is 4.44. The van der Waals surface area contributed by atoms with Crippen LogP contribution in [-0.2, 0) is 6.42 Å². The van der Waals surface area contributed by atoms with E-state index in [1.165, 1.54) is 0 Å². The summed E-state index contributed by atoms with van der Waals surface area (Å²) in [6.45, 7) is 2.15. The van der Waals surface area contributed by atoms with Gasteiger partial charge in [-0.05, 0) is 18.2 Å². The van der Waals surface area contributed by atoms with Gasteiger partial charge in [0.25, 0.3) is 0 Å². The first-order valence-corrected chi connectivity index (χ1v) is 8.87. The molecule has 0 radical (unpaired) electrons. The summed E-state index contributed by atoms with van der Waals surface area (Å²) in [5.41, 5.74) is 2.18. The highest BCUT2D eigenvalue weighted by Crippen LogP contribution is 2.34. The molecule has 0 aliphatic carbocycles. The van der Waals surface area contributed by atoms with Crippen molar-refractivity contribution < 1.29 is 0 Å². The molecule has 0 N–H and O–H groups in total. The van der Waals surface area contributed by atoms with Crippen molar-refractivity contribution >= 4 is 34.4 Å². The Bertz CT molecular complexity index is 676. The molecule has 0 unspecified atom stereocenters. The van der Waals surface area contributed by atoms with E-state index in [4.69, 9.17) is 0 Å². The number of benzene rings is 1. The minimum absolute atomic E-state index is 0.974. The van der Waals surface area contributed by atoms with Crippen LogP contribution in [0.1, 0.15) is 18.4 Å². The maximum absolute atomic E-state index is 4.65. The molecule has 0 bridgehead atoms. The number of hydrogen-bond donors (Lipinski definition) is 0. The van der Waals surface area contributed by atoms with Crippen molar-refractivity contribution in [1.29, 1.82) is 0 Å². The van der Waals surface area contributed by atoms with Crippen molar-refractivity contribution in [2.75, 3.05) is 0 Å². The Morgan fingerprint density at radius 2 is 1.95 bits per heavy atom. The number of thiazole rings is 1. The van der Waals surface area contributed by atoms with Gasteiger partial charge in [0.1, 0.15) is 5.01 Å². The fourth-order valence-corrected chi connectivity index (χ4v) is 4.74. The Morgan fingerprint density at radius 3 is 2.75 bits per heavy atom. The summed E-state index contributed by atoms with van der Waals surface area (Å²) < 4.78 is 1.99. The van der Waals surface area contributed by atoms with Crippen LogP contribution in [0.4, 0.5) is 0 Å². The van der Waals surface area contributed by atoms with Gasteiger partial charge >= 0.3 is 0 Å². The largest absolute Gasteiger partial charge is 0.229 e. The lowest BCUT2D eigenvalue weighted by Crippen LogP contribution is -1.79. The molecule has 6 heteroatoms. The lowest BCUT2D eigenvalue weighted by Gasteiger charge is -1.93. The van der Waals surface area contributed by atoms with Gasteiger partial charge in [0.05, 0.1) is 5.69 Å². The van der Waals surface area contributed by atoms with E-state index in [-0.39, 0.29) is 0 Å². The average molecular weight is 319 g/mol. The van der Waals surface area contributed by atoms with E-state index in [1.807, 2.05) is 18.2 Å². The summed E-state index contributed by atoms with van der Waals surface area (Å²) in [7, 11) is 0. The SMILES string of the molecule is CCCc1nnc(Sc2nc(-c3ccccc3)cs2)s1. The van der Waals surface area contributed by atoms with Crippen molar-refractivity contribution in [2.24, 2.45) is 0 Å². The van der Waals surface area contributed by atoms with Crippen molar-refractivity contribution in [3.8, 4) is 11.3 Å². The second-order valence-corrected chi connectivity index (χ2v) is 7.59. The quantitative estimate of drug-likeness (QED) is 0.679. The summed E-state index contributed by atoms with van der Waals surface area (Å²) in [5, 5.41) is 11.6. The molecule has 2 aromatic heterocycles. The minimum Gasteiger partial charge on any atom is -0.229 e. The summed E-state index contributed by atoms with van der Waals surface area (Å²) in [4.78, 5) is 4.65. The van der Waals surface area contributed by atoms with Crippen molar-refractivity contribution in [3.63, 3.8) is 0 Å². The van der Waals surface area contributed by atoms with Gasteiger partial charge in [-0.3, -0.25) is 0 Å². The van der Waals surface area contributed by atoms with Gasteiger partial charge in [-0.15, -0.1) is 21.5 Å². The maximum Gasteiger partial charge on any atom is 0.181 e. The van der Waals surface area contributed by atoms with Gasteiger partial charge in [0.2, 0.25) is 0 Å². The van der Waals surface area contributed by atoms with Crippen molar-refractivity contribution in [2.45, 2.75) is 28.4 Å².